The molecule has 0 radical (unpaired) electrons. The molecule has 7 nitrogen and oxygen atoms in total. The maximum atomic E-state index is 12.4. The smallest absolute Gasteiger partial charge is 0.347 e. The number of carboxylic acids is 1. The molecule has 0 aromatic heterocycles. The molecule has 1 fully saturated rings. The predicted molar refractivity (Wildman–Crippen MR) is 126 cm³/mol. The van der Waals surface area contributed by atoms with Gasteiger partial charge in [-0.15, -0.1) is 0 Å². The Morgan fingerprint density at radius 3 is 2.48 bits per heavy atom. The van der Waals surface area contributed by atoms with Crippen molar-refractivity contribution >= 4 is 22.8 Å². The van der Waals surface area contributed by atoms with Crippen molar-refractivity contribution in [2.24, 2.45) is 0 Å². The van der Waals surface area contributed by atoms with Crippen molar-refractivity contribution in [2.75, 3.05) is 13.2 Å². The SMILES string of the molecule is CC(C)(Oc1ccc(OCCC2CNC(=O)N2Cc2ccc3ccccc3c2)cc1)C(=O)O. The lowest BCUT2D eigenvalue weighted by atomic mass is 10.1. The number of rotatable bonds is 9. The first-order valence-electron chi connectivity index (χ1n) is 11.0. The lowest BCUT2D eigenvalue weighted by molar-refractivity contribution is -0.152. The third kappa shape index (κ3) is 5.37. The number of amides is 2. The Labute approximate surface area is 192 Å². The van der Waals surface area contributed by atoms with Crippen LogP contribution in [0.1, 0.15) is 25.8 Å². The van der Waals surface area contributed by atoms with Gasteiger partial charge in [-0.25, -0.2) is 9.59 Å². The van der Waals surface area contributed by atoms with E-state index in [9.17, 15) is 14.7 Å². The quantitative estimate of drug-likeness (QED) is 0.505. The van der Waals surface area contributed by atoms with Crippen molar-refractivity contribution in [1.82, 2.24) is 10.2 Å². The number of carboxylic acid groups (broad SMARTS) is 1. The first-order chi connectivity index (χ1) is 15.8. The molecule has 0 aliphatic carbocycles. The Bertz CT molecular complexity index is 1140. The van der Waals surface area contributed by atoms with Gasteiger partial charge in [0.2, 0.25) is 0 Å². The molecular formula is C26H28N2O5. The number of carbonyl (C=O) groups excluding carboxylic acids is 1. The molecule has 0 spiro atoms. The van der Waals surface area contributed by atoms with E-state index in [1.54, 1.807) is 24.3 Å². The molecule has 3 aromatic rings. The number of fused-ring (bicyclic) bond motifs is 1. The van der Waals surface area contributed by atoms with E-state index >= 15 is 0 Å². The molecule has 1 atom stereocenters. The van der Waals surface area contributed by atoms with E-state index in [4.69, 9.17) is 9.47 Å². The molecule has 4 rings (SSSR count). The van der Waals surface area contributed by atoms with Crippen LogP contribution in [0.15, 0.2) is 66.7 Å². The van der Waals surface area contributed by atoms with Crippen molar-refractivity contribution in [3.05, 3.63) is 72.3 Å². The minimum Gasteiger partial charge on any atom is -0.494 e. The summed E-state index contributed by atoms with van der Waals surface area (Å²) < 4.78 is 11.4. The van der Waals surface area contributed by atoms with E-state index in [1.165, 1.54) is 19.2 Å². The monoisotopic (exact) mass is 448 g/mol. The molecule has 33 heavy (non-hydrogen) atoms. The number of hydrogen-bond acceptors (Lipinski definition) is 4. The molecule has 1 aliphatic rings. The van der Waals surface area contributed by atoms with Crippen LogP contribution in [0.2, 0.25) is 0 Å². The van der Waals surface area contributed by atoms with Gasteiger partial charge in [0.05, 0.1) is 12.6 Å². The summed E-state index contributed by atoms with van der Waals surface area (Å²) in [5, 5.41) is 14.4. The van der Waals surface area contributed by atoms with Crippen LogP contribution in [0.5, 0.6) is 11.5 Å². The fraction of sp³-hybridized carbons (Fsp3) is 0.308. The highest BCUT2D eigenvalue weighted by Crippen LogP contribution is 2.23. The van der Waals surface area contributed by atoms with E-state index in [0.29, 0.717) is 37.6 Å². The second-order valence-corrected chi connectivity index (χ2v) is 8.68. The first-order valence-corrected chi connectivity index (χ1v) is 11.0. The summed E-state index contributed by atoms with van der Waals surface area (Å²) in [7, 11) is 0. The zero-order valence-corrected chi connectivity index (χ0v) is 18.8. The van der Waals surface area contributed by atoms with Crippen LogP contribution >= 0.6 is 0 Å². The van der Waals surface area contributed by atoms with Gasteiger partial charge < -0.3 is 24.8 Å². The van der Waals surface area contributed by atoms with Crippen molar-refractivity contribution in [1.29, 1.82) is 0 Å². The summed E-state index contributed by atoms with van der Waals surface area (Å²) in [5.41, 5.74) is -0.213. The number of hydrogen-bond donors (Lipinski definition) is 2. The fourth-order valence-electron chi connectivity index (χ4n) is 3.83. The number of benzene rings is 3. The molecule has 2 N–H and O–H groups in total. The molecule has 3 aromatic carbocycles. The van der Waals surface area contributed by atoms with Gasteiger partial charge in [0.1, 0.15) is 11.5 Å². The third-order valence-electron chi connectivity index (χ3n) is 5.79. The van der Waals surface area contributed by atoms with Gasteiger partial charge in [0.15, 0.2) is 5.60 Å². The van der Waals surface area contributed by atoms with Crippen LogP contribution in [0, 0.1) is 0 Å². The van der Waals surface area contributed by atoms with Crippen molar-refractivity contribution in [3.63, 3.8) is 0 Å². The average molecular weight is 449 g/mol. The molecule has 7 heteroatoms. The number of urea groups is 1. The van der Waals surface area contributed by atoms with Crippen LogP contribution in [-0.2, 0) is 11.3 Å². The highest BCUT2D eigenvalue weighted by molar-refractivity contribution is 5.83. The second-order valence-electron chi connectivity index (χ2n) is 8.68. The lowest BCUT2D eigenvalue weighted by Crippen LogP contribution is -2.37. The maximum Gasteiger partial charge on any atom is 0.347 e. The van der Waals surface area contributed by atoms with E-state index in [1.807, 2.05) is 17.0 Å². The zero-order chi connectivity index (χ0) is 23.4. The molecule has 1 saturated heterocycles. The predicted octanol–water partition coefficient (Wildman–Crippen LogP) is 4.44. The molecule has 0 bridgehead atoms. The highest BCUT2D eigenvalue weighted by atomic mass is 16.5. The molecule has 172 valence electrons. The van der Waals surface area contributed by atoms with Gasteiger partial charge in [0, 0.05) is 19.5 Å². The van der Waals surface area contributed by atoms with Gasteiger partial charge >= 0.3 is 12.0 Å². The number of ether oxygens (including phenoxy) is 2. The average Bonchev–Trinajstić information content (AvgIpc) is 3.14. The van der Waals surface area contributed by atoms with Crippen LogP contribution in [0.4, 0.5) is 4.79 Å². The minimum absolute atomic E-state index is 0.0444. The topological polar surface area (TPSA) is 88.1 Å². The summed E-state index contributed by atoms with van der Waals surface area (Å²) in [6, 6.07) is 21.3. The fourth-order valence-corrected chi connectivity index (χ4v) is 3.83. The van der Waals surface area contributed by atoms with Crippen molar-refractivity contribution in [2.45, 2.75) is 38.5 Å². The van der Waals surface area contributed by atoms with Crippen molar-refractivity contribution < 1.29 is 24.2 Å². The molecule has 1 heterocycles. The Morgan fingerprint density at radius 1 is 1.06 bits per heavy atom. The molecule has 0 saturated carbocycles. The lowest BCUT2D eigenvalue weighted by Gasteiger charge is -2.23. The van der Waals surface area contributed by atoms with Gasteiger partial charge in [-0.1, -0.05) is 36.4 Å². The standard InChI is InChI=1S/C26H28N2O5/c1-26(2,24(29)30)33-23-11-9-22(10-12-23)32-14-13-21-16-27-25(31)28(21)17-18-7-8-19-5-3-4-6-20(19)15-18/h3-12,15,21H,13-14,16-17H2,1-2H3,(H,27,31)(H,29,30). The minimum atomic E-state index is -1.31. The van der Waals surface area contributed by atoms with E-state index in [-0.39, 0.29) is 12.1 Å². The van der Waals surface area contributed by atoms with E-state index in [0.717, 1.165) is 10.9 Å². The summed E-state index contributed by atoms with van der Waals surface area (Å²) in [4.78, 5) is 25.5. The number of aliphatic carboxylic acids is 1. The van der Waals surface area contributed by atoms with Crippen LogP contribution < -0.4 is 14.8 Å². The summed E-state index contributed by atoms with van der Waals surface area (Å²) >= 11 is 0. The second kappa shape index (κ2) is 9.40. The van der Waals surface area contributed by atoms with Gasteiger partial charge in [-0.2, -0.15) is 0 Å². The van der Waals surface area contributed by atoms with Gasteiger partial charge in [-0.3, -0.25) is 0 Å². The Balaban J connectivity index is 1.32. The summed E-state index contributed by atoms with van der Waals surface area (Å²) in [6.07, 6.45) is 0.691. The van der Waals surface area contributed by atoms with Crippen LogP contribution in [0.3, 0.4) is 0 Å². The summed E-state index contributed by atoms with van der Waals surface area (Å²) in [5.74, 6) is 0.0894. The van der Waals surface area contributed by atoms with Gasteiger partial charge in [0.25, 0.3) is 0 Å². The Morgan fingerprint density at radius 2 is 1.76 bits per heavy atom. The van der Waals surface area contributed by atoms with Gasteiger partial charge in [-0.05, 0) is 60.5 Å². The maximum absolute atomic E-state index is 12.4. The first kappa shape index (κ1) is 22.5. The van der Waals surface area contributed by atoms with Crippen molar-refractivity contribution in [3.8, 4) is 11.5 Å². The van der Waals surface area contributed by atoms with Crippen LogP contribution in [0.25, 0.3) is 10.8 Å². The number of carbonyl (C=O) groups is 2. The molecular weight excluding hydrogens is 420 g/mol. The number of nitrogens with one attached hydrogen (secondary N) is 1. The molecule has 2 amide bonds. The van der Waals surface area contributed by atoms with Crippen LogP contribution in [-0.4, -0.2) is 46.8 Å². The van der Waals surface area contributed by atoms with E-state index in [2.05, 4.69) is 35.6 Å². The Kier molecular flexibility index (Phi) is 6.40. The zero-order valence-electron chi connectivity index (χ0n) is 18.8. The molecule has 1 unspecified atom stereocenters. The largest absolute Gasteiger partial charge is 0.494 e. The Hall–Kier alpha value is -3.74. The third-order valence-corrected chi connectivity index (χ3v) is 5.79. The normalized spacial score (nSPS) is 16.0. The summed E-state index contributed by atoms with van der Waals surface area (Å²) in [6.45, 7) is 4.59. The highest BCUT2D eigenvalue weighted by Gasteiger charge is 2.31. The molecule has 1 aliphatic heterocycles. The number of nitrogens with zero attached hydrogens (tertiary/aromatic N) is 1. The van der Waals surface area contributed by atoms with E-state index < -0.39 is 11.6 Å².